The van der Waals surface area contributed by atoms with Crippen LogP contribution in [-0.4, -0.2) is 29.9 Å². The molecule has 0 unspecified atom stereocenters. The molecule has 1 heterocycles. The average Bonchev–Trinajstić information content (AvgIpc) is 2.59. The summed E-state index contributed by atoms with van der Waals surface area (Å²) < 4.78 is 10.6. The average molecular weight is 377 g/mol. The molecule has 0 amide bonds. The monoisotopic (exact) mass is 376 g/mol. The van der Waals surface area contributed by atoms with E-state index in [0.29, 0.717) is 45.0 Å². The van der Waals surface area contributed by atoms with E-state index in [4.69, 9.17) is 21.1 Å². The summed E-state index contributed by atoms with van der Waals surface area (Å²) in [5, 5.41) is 10.5. The fourth-order valence-electron chi connectivity index (χ4n) is 2.04. The maximum Gasteiger partial charge on any atom is 0.340 e. The van der Waals surface area contributed by atoms with Crippen LogP contribution in [0.5, 0.6) is 5.75 Å². The minimum Gasteiger partial charge on any atom is -0.493 e. The number of carbonyl (C=O) groups is 1. The summed E-state index contributed by atoms with van der Waals surface area (Å²) in [7, 11) is 0. The number of aryl methyl sites for hydroxylation is 1. The molecule has 0 atom stereocenters. The third-order valence-electron chi connectivity index (χ3n) is 3.18. The first-order valence-electron chi connectivity index (χ1n) is 7.65. The Bertz CT molecular complexity index is 805. The number of nitrogens with zero attached hydrogens (tertiary/aromatic N) is 2. The van der Waals surface area contributed by atoms with Crippen molar-refractivity contribution in [3.05, 3.63) is 52.2 Å². The molecule has 0 radical (unpaired) electrons. The van der Waals surface area contributed by atoms with Gasteiger partial charge in [0.25, 0.3) is 0 Å². The molecule has 130 valence electrons. The van der Waals surface area contributed by atoms with E-state index in [1.807, 2.05) is 12.1 Å². The molecule has 0 N–H and O–H groups in total. The van der Waals surface area contributed by atoms with Crippen molar-refractivity contribution in [1.29, 1.82) is 5.26 Å². The molecule has 0 fully saturated rings. The Balaban J connectivity index is 2.01. The maximum absolute atomic E-state index is 11.9. The van der Waals surface area contributed by atoms with E-state index in [1.165, 1.54) is 17.8 Å². The van der Waals surface area contributed by atoms with Crippen LogP contribution >= 0.6 is 23.4 Å². The molecule has 7 heteroatoms. The first-order chi connectivity index (χ1) is 12.0. The lowest BCUT2D eigenvalue weighted by Gasteiger charge is -2.10. The lowest BCUT2D eigenvalue weighted by atomic mass is 10.1. The Morgan fingerprint density at radius 1 is 1.40 bits per heavy atom. The van der Waals surface area contributed by atoms with Crippen molar-refractivity contribution >= 4 is 29.3 Å². The fraction of sp³-hybridized carbons (Fsp3) is 0.278. The molecule has 25 heavy (non-hydrogen) atoms. The van der Waals surface area contributed by atoms with Gasteiger partial charge in [0.05, 0.1) is 30.0 Å². The number of hydrogen-bond donors (Lipinski definition) is 0. The van der Waals surface area contributed by atoms with Gasteiger partial charge >= 0.3 is 5.97 Å². The van der Waals surface area contributed by atoms with Crippen molar-refractivity contribution in [1.82, 2.24) is 4.98 Å². The summed E-state index contributed by atoms with van der Waals surface area (Å²) in [5.41, 5.74) is 1.20. The molecule has 0 saturated carbocycles. The molecule has 5 nitrogen and oxygen atoms in total. The van der Waals surface area contributed by atoms with Crippen LogP contribution in [-0.2, 0) is 4.74 Å². The topological polar surface area (TPSA) is 72.2 Å². The van der Waals surface area contributed by atoms with Crippen LogP contribution in [0.4, 0.5) is 0 Å². The Morgan fingerprint density at radius 2 is 2.20 bits per heavy atom. The van der Waals surface area contributed by atoms with E-state index in [2.05, 4.69) is 11.1 Å². The summed E-state index contributed by atoms with van der Waals surface area (Å²) in [5.74, 6) is 0.826. The van der Waals surface area contributed by atoms with Crippen LogP contribution in [0.3, 0.4) is 0 Å². The molecule has 1 aromatic carbocycles. The van der Waals surface area contributed by atoms with Crippen molar-refractivity contribution in [2.24, 2.45) is 0 Å². The minimum atomic E-state index is -0.468. The van der Waals surface area contributed by atoms with Crippen molar-refractivity contribution < 1.29 is 14.3 Å². The van der Waals surface area contributed by atoms with E-state index in [1.54, 1.807) is 26.0 Å². The molecule has 0 bridgehead atoms. The first-order valence-corrected chi connectivity index (χ1v) is 9.01. The van der Waals surface area contributed by atoms with Gasteiger partial charge in [0.15, 0.2) is 0 Å². The number of benzene rings is 1. The Morgan fingerprint density at radius 3 is 2.88 bits per heavy atom. The zero-order valence-corrected chi connectivity index (χ0v) is 15.5. The zero-order valence-electron chi connectivity index (χ0n) is 13.9. The van der Waals surface area contributed by atoms with Crippen LogP contribution in [0.15, 0.2) is 35.4 Å². The van der Waals surface area contributed by atoms with Crippen LogP contribution < -0.4 is 4.74 Å². The standard InChI is InChI=1S/C18H17ClN2O3S/c1-3-23-18(22)16-9-13(11-20)17(21-12(16)2)25-8-7-24-15-6-4-5-14(19)10-15/h4-6,9-10H,3,7-8H2,1-2H3. The van der Waals surface area contributed by atoms with Gasteiger partial charge in [-0.25, -0.2) is 9.78 Å². The quantitative estimate of drug-likeness (QED) is 0.408. The predicted octanol–water partition coefficient (Wildman–Crippen LogP) is 4.26. The highest BCUT2D eigenvalue weighted by Crippen LogP contribution is 2.24. The molecule has 2 aromatic rings. The molecule has 0 spiro atoms. The summed E-state index contributed by atoms with van der Waals surface area (Å²) in [6.07, 6.45) is 0. The lowest BCUT2D eigenvalue weighted by Crippen LogP contribution is -2.09. The van der Waals surface area contributed by atoms with E-state index in [-0.39, 0.29) is 6.61 Å². The molecule has 0 saturated heterocycles. The fourth-order valence-corrected chi connectivity index (χ4v) is 3.05. The number of nitriles is 1. The Hall–Kier alpha value is -2.23. The SMILES string of the molecule is CCOC(=O)c1cc(C#N)c(SCCOc2cccc(Cl)c2)nc1C. The zero-order chi connectivity index (χ0) is 18.2. The van der Waals surface area contributed by atoms with E-state index in [9.17, 15) is 10.1 Å². The highest BCUT2D eigenvalue weighted by Gasteiger charge is 2.16. The number of pyridine rings is 1. The Kier molecular flexibility index (Phi) is 7.11. The largest absolute Gasteiger partial charge is 0.493 e. The summed E-state index contributed by atoms with van der Waals surface area (Å²) in [4.78, 5) is 16.2. The van der Waals surface area contributed by atoms with Gasteiger partial charge in [-0.05, 0) is 38.1 Å². The summed E-state index contributed by atoms with van der Waals surface area (Å²) >= 11 is 7.30. The number of ether oxygens (including phenoxy) is 2. The van der Waals surface area contributed by atoms with Gasteiger partial charge in [-0.15, -0.1) is 11.8 Å². The molecule has 2 rings (SSSR count). The summed E-state index contributed by atoms with van der Waals surface area (Å²) in [6, 6.07) is 10.8. The molecular weight excluding hydrogens is 360 g/mol. The van der Waals surface area contributed by atoms with Crippen molar-refractivity contribution in [2.45, 2.75) is 18.9 Å². The van der Waals surface area contributed by atoms with Gasteiger partial charge in [0, 0.05) is 10.8 Å². The van der Waals surface area contributed by atoms with Gasteiger partial charge in [0.2, 0.25) is 0 Å². The smallest absolute Gasteiger partial charge is 0.340 e. The van der Waals surface area contributed by atoms with Crippen molar-refractivity contribution in [3.63, 3.8) is 0 Å². The maximum atomic E-state index is 11.9. The number of hydrogen-bond acceptors (Lipinski definition) is 6. The number of esters is 1. The van der Waals surface area contributed by atoms with Gasteiger partial charge in [-0.3, -0.25) is 0 Å². The van der Waals surface area contributed by atoms with Crippen molar-refractivity contribution in [2.75, 3.05) is 19.0 Å². The Labute approximate surface area is 155 Å². The molecule has 0 aliphatic carbocycles. The van der Waals surface area contributed by atoms with Crippen LogP contribution in [0.2, 0.25) is 5.02 Å². The second-order valence-electron chi connectivity index (χ2n) is 4.96. The minimum absolute atomic E-state index is 0.275. The number of aromatic nitrogens is 1. The second kappa shape index (κ2) is 9.30. The predicted molar refractivity (Wildman–Crippen MR) is 97.3 cm³/mol. The van der Waals surface area contributed by atoms with E-state index >= 15 is 0 Å². The number of halogens is 1. The first kappa shape index (κ1) is 19.1. The van der Waals surface area contributed by atoms with Gasteiger partial charge in [-0.1, -0.05) is 17.7 Å². The number of rotatable bonds is 7. The normalized spacial score (nSPS) is 10.2. The van der Waals surface area contributed by atoms with E-state index in [0.717, 1.165) is 0 Å². The van der Waals surface area contributed by atoms with Crippen LogP contribution in [0, 0.1) is 18.3 Å². The van der Waals surface area contributed by atoms with Crippen LogP contribution in [0.1, 0.15) is 28.5 Å². The van der Waals surface area contributed by atoms with E-state index < -0.39 is 5.97 Å². The van der Waals surface area contributed by atoms with Gasteiger partial charge in [0.1, 0.15) is 16.8 Å². The molecule has 0 aliphatic rings. The van der Waals surface area contributed by atoms with Gasteiger partial charge < -0.3 is 9.47 Å². The third-order valence-corrected chi connectivity index (χ3v) is 4.37. The molecule has 0 aliphatic heterocycles. The number of thioether (sulfide) groups is 1. The highest BCUT2D eigenvalue weighted by molar-refractivity contribution is 7.99. The number of carbonyl (C=O) groups excluding carboxylic acids is 1. The highest BCUT2D eigenvalue weighted by atomic mass is 35.5. The van der Waals surface area contributed by atoms with Gasteiger partial charge in [-0.2, -0.15) is 5.26 Å². The summed E-state index contributed by atoms with van der Waals surface area (Å²) in [6.45, 7) is 4.17. The molecular formula is C18H17ClN2O3S. The third kappa shape index (κ3) is 5.38. The van der Waals surface area contributed by atoms with Crippen molar-refractivity contribution in [3.8, 4) is 11.8 Å². The molecule has 1 aromatic heterocycles. The lowest BCUT2D eigenvalue weighted by molar-refractivity contribution is 0.0524. The van der Waals surface area contributed by atoms with Crippen LogP contribution in [0.25, 0.3) is 0 Å². The second-order valence-corrected chi connectivity index (χ2v) is 6.48.